The van der Waals surface area contributed by atoms with Crippen molar-refractivity contribution in [3.63, 3.8) is 0 Å². The second-order valence-corrected chi connectivity index (χ2v) is 11.9. The van der Waals surface area contributed by atoms with E-state index in [-0.39, 0.29) is 12.8 Å². The summed E-state index contributed by atoms with van der Waals surface area (Å²) in [6.45, 7) is 3.86. The summed E-state index contributed by atoms with van der Waals surface area (Å²) in [6, 6.07) is 10.9. The zero-order valence-corrected chi connectivity index (χ0v) is 27.6. The molecular formula is C33H45N7O9. The van der Waals surface area contributed by atoms with Crippen LogP contribution in [0.4, 0.5) is 0 Å². The van der Waals surface area contributed by atoms with Crippen LogP contribution in [0.2, 0.25) is 0 Å². The number of nitrogens with one attached hydrogen (secondary N) is 5. The average molecular weight is 684 g/mol. The third-order valence-electron chi connectivity index (χ3n) is 7.32. The molecular weight excluding hydrogens is 638 g/mol. The molecule has 0 radical (unpaired) electrons. The Morgan fingerprint density at radius 2 is 1.16 bits per heavy atom. The number of amides is 6. The molecule has 0 unspecified atom stereocenters. The Kier molecular flexibility index (Phi) is 15.8. The van der Waals surface area contributed by atoms with Gasteiger partial charge in [-0.05, 0) is 24.0 Å². The minimum atomic E-state index is -1.60. The molecule has 266 valence electrons. The molecule has 2 aromatic rings. The van der Waals surface area contributed by atoms with Gasteiger partial charge in [0, 0.05) is 12.8 Å². The molecule has 0 saturated carbocycles. The molecule has 0 heterocycles. The van der Waals surface area contributed by atoms with Gasteiger partial charge in [-0.2, -0.15) is 0 Å². The fourth-order valence-corrected chi connectivity index (χ4v) is 4.66. The monoisotopic (exact) mass is 683 g/mol. The fourth-order valence-electron chi connectivity index (χ4n) is 4.66. The lowest BCUT2D eigenvalue weighted by atomic mass is 9.99. The first-order valence-corrected chi connectivity index (χ1v) is 15.6. The Labute approximate surface area is 283 Å². The van der Waals surface area contributed by atoms with Crippen molar-refractivity contribution in [3.8, 4) is 0 Å². The van der Waals surface area contributed by atoms with E-state index >= 15 is 0 Å². The van der Waals surface area contributed by atoms with Gasteiger partial charge in [-0.1, -0.05) is 74.5 Å². The highest BCUT2D eigenvalue weighted by Gasteiger charge is 2.33. The van der Waals surface area contributed by atoms with Crippen LogP contribution in [-0.4, -0.2) is 94.5 Å². The third-order valence-corrected chi connectivity index (χ3v) is 7.32. The molecule has 11 N–H and O–H groups in total. The molecule has 0 aliphatic carbocycles. The van der Waals surface area contributed by atoms with E-state index in [1.165, 1.54) is 6.92 Å². The van der Waals surface area contributed by atoms with Crippen LogP contribution in [0.3, 0.4) is 0 Å². The summed E-state index contributed by atoms with van der Waals surface area (Å²) in [5, 5.41) is 31.1. The first-order valence-electron chi connectivity index (χ1n) is 15.6. The number of aliphatic hydroxyl groups excluding tert-OH is 1. The van der Waals surface area contributed by atoms with Crippen LogP contribution in [0.15, 0.2) is 60.7 Å². The number of aliphatic carboxylic acids is 1. The standard InChI is InChI=1S/C33H45N7O9/c1-18(2)27(40-31(46)24(15-21-12-8-5-9-13-21)37-29(44)22(34)16-25(35)42)32(47)38-23(14-20-10-6-4-7-11-20)30(45)36-17-26(43)39-28(19(3)41)33(48)49/h4-13,18-19,22-24,27-28,41H,14-17,34H2,1-3H3,(H2,35,42)(H,36,45)(H,37,44)(H,38,47)(H,39,43)(H,40,46)(H,48,49)/t19-,22+,23+,24+,27+,28+/m1/s1. The number of carbonyl (C=O) groups is 7. The maximum atomic E-state index is 13.7. The van der Waals surface area contributed by atoms with Crippen molar-refractivity contribution in [1.82, 2.24) is 26.6 Å². The van der Waals surface area contributed by atoms with E-state index in [2.05, 4.69) is 26.6 Å². The van der Waals surface area contributed by atoms with Crippen molar-refractivity contribution >= 4 is 41.4 Å². The molecule has 0 fully saturated rings. The van der Waals surface area contributed by atoms with Crippen LogP contribution in [0.25, 0.3) is 0 Å². The average Bonchev–Trinajstić information content (AvgIpc) is 3.04. The van der Waals surface area contributed by atoms with Crippen LogP contribution in [0.5, 0.6) is 0 Å². The van der Waals surface area contributed by atoms with Crippen molar-refractivity contribution in [3.05, 3.63) is 71.8 Å². The quantitative estimate of drug-likeness (QED) is 0.0775. The molecule has 0 aliphatic rings. The minimum absolute atomic E-state index is 0.00530. The molecule has 2 aromatic carbocycles. The molecule has 0 aliphatic heterocycles. The number of hydrogen-bond acceptors (Lipinski definition) is 9. The Bertz CT molecular complexity index is 1450. The second-order valence-electron chi connectivity index (χ2n) is 11.9. The summed E-state index contributed by atoms with van der Waals surface area (Å²) in [5.74, 6) is -6.71. The van der Waals surface area contributed by atoms with Gasteiger partial charge in [0.25, 0.3) is 0 Å². The van der Waals surface area contributed by atoms with Crippen LogP contribution < -0.4 is 38.1 Å². The van der Waals surface area contributed by atoms with Crippen molar-refractivity contribution < 1.29 is 43.8 Å². The van der Waals surface area contributed by atoms with Gasteiger partial charge in [0.1, 0.15) is 18.1 Å². The maximum absolute atomic E-state index is 13.7. The van der Waals surface area contributed by atoms with E-state index in [1.807, 2.05) is 0 Å². The summed E-state index contributed by atoms with van der Waals surface area (Å²) in [4.78, 5) is 88.2. The summed E-state index contributed by atoms with van der Waals surface area (Å²) < 4.78 is 0. The number of aliphatic hydroxyl groups is 1. The van der Waals surface area contributed by atoms with Crippen LogP contribution in [-0.2, 0) is 46.4 Å². The molecule has 16 nitrogen and oxygen atoms in total. The lowest BCUT2D eigenvalue weighted by Gasteiger charge is -2.28. The van der Waals surface area contributed by atoms with Crippen LogP contribution >= 0.6 is 0 Å². The number of rotatable bonds is 19. The maximum Gasteiger partial charge on any atom is 0.328 e. The molecule has 6 amide bonds. The number of carbonyl (C=O) groups excluding carboxylic acids is 6. The number of hydrogen-bond donors (Lipinski definition) is 9. The summed E-state index contributed by atoms with van der Waals surface area (Å²) in [6.07, 6.45) is -1.84. The number of nitrogens with two attached hydrogens (primary N) is 2. The minimum Gasteiger partial charge on any atom is -0.480 e. The van der Waals surface area contributed by atoms with Gasteiger partial charge in [0.05, 0.1) is 25.1 Å². The highest BCUT2D eigenvalue weighted by Crippen LogP contribution is 2.10. The SMILES string of the molecule is CC(C)[C@H](NC(=O)[C@H](Cc1ccccc1)NC(=O)[C@@H](N)CC(N)=O)C(=O)N[C@@H](Cc1ccccc1)C(=O)NCC(=O)N[C@H](C(=O)O)[C@@H](C)O. The van der Waals surface area contributed by atoms with Crippen LogP contribution in [0.1, 0.15) is 38.3 Å². The summed E-state index contributed by atoms with van der Waals surface area (Å²) in [5.41, 5.74) is 12.3. The van der Waals surface area contributed by atoms with E-state index in [9.17, 15) is 43.8 Å². The molecule has 16 heteroatoms. The second kappa shape index (κ2) is 19.5. The van der Waals surface area contributed by atoms with Crippen molar-refractivity contribution in [2.24, 2.45) is 17.4 Å². The molecule has 0 spiro atoms. The molecule has 0 saturated heterocycles. The molecule has 2 rings (SSSR count). The Balaban J connectivity index is 2.25. The number of carboxylic acids is 1. The van der Waals surface area contributed by atoms with Crippen LogP contribution in [0, 0.1) is 5.92 Å². The predicted octanol–water partition coefficient (Wildman–Crippen LogP) is -2.15. The highest BCUT2D eigenvalue weighted by atomic mass is 16.4. The smallest absolute Gasteiger partial charge is 0.328 e. The summed E-state index contributed by atoms with van der Waals surface area (Å²) in [7, 11) is 0. The summed E-state index contributed by atoms with van der Waals surface area (Å²) >= 11 is 0. The highest BCUT2D eigenvalue weighted by molar-refractivity contribution is 5.96. The van der Waals surface area contributed by atoms with E-state index in [1.54, 1.807) is 74.5 Å². The van der Waals surface area contributed by atoms with Gasteiger partial charge >= 0.3 is 5.97 Å². The first-order chi connectivity index (χ1) is 23.1. The largest absolute Gasteiger partial charge is 0.480 e. The fraction of sp³-hybridized carbons (Fsp3) is 0.424. The zero-order chi connectivity index (χ0) is 36.7. The van der Waals surface area contributed by atoms with Gasteiger partial charge in [0.15, 0.2) is 6.04 Å². The molecule has 0 aromatic heterocycles. The lowest BCUT2D eigenvalue weighted by Crippen LogP contribution is -2.60. The van der Waals surface area contributed by atoms with E-state index in [0.717, 1.165) is 0 Å². The normalized spacial score (nSPS) is 14.6. The Morgan fingerprint density at radius 1 is 0.673 bits per heavy atom. The van der Waals surface area contributed by atoms with E-state index in [4.69, 9.17) is 11.5 Å². The molecule has 6 atom stereocenters. The van der Waals surface area contributed by atoms with Gasteiger partial charge < -0.3 is 48.3 Å². The zero-order valence-electron chi connectivity index (χ0n) is 27.6. The Hall–Kier alpha value is -5.35. The number of benzene rings is 2. The van der Waals surface area contributed by atoms with Gasteiger partial charge in [-0.25, -0.2) is 4.79 Å². The van der Waals surface area contributed by atoms with Crippen molar-refractivity contribution in [2.45, 2.75) is 76.3 Å². The van der Waals surface area contributed by atoms with E-state index < -0.39 is 96.6 Å². The predicted molar refractivity (Wildman–Crippen MR) is 177 cm³/mol. The lowest BCUT2D eigenvalue weighted by molar-refractivity contribution is -0.144. The van der Waals surface area contributed by atoms with Crippen molar-refractivity contribution in [2.75, 3.05) is 6.54 Å². The third kappa shape index (κ3) is 13.7. The molecule has 49 heavy (non-hydrogen) atoms. The van der Waals surface area contributed by atoms with Gasteiger partial charge in [-0.15, -0.1) is 0 Å². The van der Waals surface area contributed by atoms with E-state index in [0.29, 0.717) is 11.1 Å². The number of carboxylic acid groups (broad SMARTS) is 1. The first kappa shape index (κ1) is 39.8. The van der Waals surface area contributed by atoms with Gasteiger partial charge in [0.2, 0.25) is 35.4 Å². The molecule has 0 bridgehead atoms. The Morgan fingerprint density at radius 3 is 1.61 bits per heavy atom. The topological polar surface area (TPSA) is 272 Å². The van der Waals surface area contributed by atoms with Gasteiger partial charge in [-0.3, -0.25) is 28.8 Å². The van der Waals surface area contributed by atoms with Crippen molar-refractivity contribution in [1.29, 1.82) is 0 Å². The number of primary amides is 1.